The maximum Gasteiger partial charge on any atom is 0.312 e. The number of ether oxygens (including phenoxy) is 2. The number of rotatable bonds is 9. The highest BCUT2D eigenvalue weighted by molar-refractivity contribution is 8.22. The largest absolute Gasteiger partial charge is 0.485 e. The van der Waals surface area contributed by atoms with Gasteiger partial charge >= 0.3 is 5.97 Å². The summed E-state index contributed by atoms with van der Waals surface area (Å²) in [6, 6.07) is 9.02. The molecule has 0 saturated carbocycles. The Morgan fingerprint density at radius 2 is 2.08 bits per heavy atom. The molecule has 4 rings (SSSR count). The molecular weight excluding hydrogens is 510 g/mol. The van der Waals surface area contributed by atoms with Gasteiger partial charge in [-0.2, -0.15) is 4.31 Å². The van der Waals surface area contributed by atoms with Crippen LogP contribution in [0.5, 0.6) is 5.75 Å². The molecule has 38 heavy (non-hydrogen) atoms. The molecule has 1 aromatic carbocycles. The Kier molecular flexibility index (Phi) is 8.09. The third-order valence-corrected chi connectivity index (χ3v) is 8.61. The first-order valence-corrected chi connectivity index (χ1v) is 13.9. The number of carbonyl (C=O) groups is 1. The van der Waals surface area contributed by atoms with Gasteiger partial charge in [-0.3, -0.25) is 18.6 Å². The van der Waals surface area contributed by atoms with Crippen LogP contribution in [0.4, 0.5) is 0 Å². The fourth-order valence-corrected chi connectivity index (χ4v) is 5.91. The summed E-state index contributed by atoms with van der Waals surface area (Å²) >= 11 is 0. The molecule has 0 aliphatic carbocycles. The first-order chi connectivity index (χ1) is 17.9. The molecule has 2 aromatic heterocycles. The standard InChI is InChI=1S/C26H35N5O6S/c1-6-21-15-31(38(34,35)24-22(37-21)8-7-11-27-24)13-19-12-18(10-9-17(19)2)23(26(3,4)25(32)33)36-16-20-14-30(5)29-28-20/h7-12,14,21,23,34-35H,6,13,15-16H2,1-5H3,(H,32,33). The lowest BCUT2D eigenvalue weighted by Gasteiger charge is -2.41. The summed E-state index contributed by atoms with van der Waals surface area (Å²) in [7, 11) is -1.70. The fraction of sp³-hybridized carbons (Fsp3) is 0.462. The quantitative estimate of drug-likeness (QED) is 0.349. The molecule has 0 radical (unpaired) electrons. The predicted molar refractivity (Wildman–Crippen MR) is 142 cm³/mol. The molecule has 0 fully saturated rings. The molecule has 0 spiro atoms. The number of aliphatic carboxylic acids is 1. The predicted octanol–water partition coefficient (Wildman–Crippen LogP) is 4.58. The van der Waals surface area contributed by atoms with Gasteiger partial charge in [-0.05, 0) is 56.0 Å². The zero-order chi connectivity index (χ0) is 27.7. The lowest BCUT2D eigenvalue weighted by Crippen LogP contribution is -2.35. The number of hydrogen-bond acceptors (Lipinski definition) is 9. The molecular formula is C26H35N5O6S. The van der Waals surface area contributed by atoms with E-state index in [0.29, 0.717) is 23.4 Å². The second kappa shape index (κ2) is 11.0. The van der Waals surface area contributed by atoms with Gasteiger partial charge in [0.15, 0.2) is 5.75 Å². The summed E-state index contributed by atoms with van der Waals surface area (Å²) in [5, 5.41) is 18.1. The van der Waals surface area contributed by atoms with Gasteiger partial charge in [0.25, 0.3) is 0 Å². The monoisotopic (exact) mass is 545 g/mol. The number of benzene rings is 1. The molecule has 3 aromatic rings. The number of carboxylic acid groups (broad SMARTS) is 1. The van der Waals surface area contributed by atoms with Crippen LogP contribution in [0.2, 0.25) is 0 Å². The minimum absolute atomic E-state index is 0.0864. The fourth-order valence-electron chi connectivity index (χ4n) is 4.39. The van der Waals surface area contributed by atoms with Crippen LogP contribution >= 0.6 is 10.8 Å². The van der Waals surface area contributed by atoms with Crippen LogP contribution in [-0.2, 0) is 29.7 Å². The van der Waals surface area contributed by atoms with Gasteiger partial charge in [0, 0.05) is 19.8 Å². The van der Waals surface area contributed by atoms with Crippen molar-refractivity contribution in [1.29, 1.82) is 0 Å². The van der Waals surface area contributed by atoms with E-state index in [-0.39, 0.29) is 30.8 Å². The highest BCUT2D eigenvalue weighted by atomic mass is 32.3. The van der Waals surface area contributed by atoms with Crippen LogP contribution in [0.25, 0.3) is 0 Å². The van der Waals surface area contributed by atoms with Gasteiger partial charge in [0.05, 0.1) is 30.9 Å². The molecule has 11 nitrogen and oxygen atoms in total. The number of aryl methyl sites for hydroxylation is 2. The Balaban J connectivity index is 1.68. The van der Waals surface area contributed by atoms with E-state index < -0.39 is 28.3 Å². The highest BCUT2D eigenvalue weighted by Gasteiger charge is 2.40. The molecule has 2 unspecified atom stereocenters. The summed E-state index contributed by atoms with van der Waals surface area (Å²) in [5.74, 6) is -0.635. The second-order valence-electron chi connectivity index (χ2n) is 10.1. The molecule has 206 valence electrons. The van der Waals surface area contributed by atoms with Crippen molar-refractivity contribution < 1.29 is 28.5 Å². The summed E-state index contributed by atoms with van der Waals surface area (Å²) in [6.07, 6.45) is 2.84. The Hall–Kier alpha value is -3.03. The molecule has 2 atom stereocenters. The normalized spacial score (nSPS) is 19.2. The van der Waals surface area contributed by atoms with Crippen molar-refractivity contribution in [2.75, 3.05) is 6.54 Å². The minimum Gasteiger partial charge on any atom is -0.485 e. The minimum atomic E-state index is -3.44. The van der Waals surface area contributed by atoms with Crippen LogP contribution in [0.3, 0.4) is 0 Å². The van der Waals surface area contributed by atoms with Gasteiger partial charge in [-0.1, -0.05) is 41.1 Å². The van der Waals surface area contributed by atoms with Gasteiger partial charge in [-0.15, -0.1) is 5.10 Å². The van der Waals surface area contributed by atoms with E-state index in [1.807, 2.05) is 32.0 Å². The van der Waals surface area contributed by atoms with E-state index in [4.69, 9.17) is 9.47 Å². The Morgan fingerprint density at radius 3 is 2.74 bits per heavy atom. The molecule has 1 aliphatic heterocycles. The highest BCUT2D eigenvalue weighted by Crippen LogP contribution is 2.56. The van der Waals surface area contributed by atoms with E-state index in [0.717, 1.165) is 11.1 Å². The van der Waals surface area contributed by atoms with Gasteiger partial charge in [-0.25, -0.2) is 4.98 Å². The second-order valence-corrected chi connectivity index (χ2v) is 12.0. The van der Waals surface area contributed by atoms with Crippen molar-refractivity contribution in [1.82, 2.24) is 24.3 Å². The molecule has 3 heterocycles. The van der Waals surface area contributed by atoms with E-state index in [1.54, 1.807) is 48.2 Å². The molecule has 0 amide bonds. The number of nitrogens with zero attached hydrogens (tertiary/aromatic N) is 5. The van der Waals surface area contributed by atoms with Crippen molar-refractivity contribution in [2.45, 2.75) is 64.5 Å². The van der Waals surface area contributed by atoms with Gasteiger partial charge in [0.1, 0.15) is 11.8 Å². The number of fused-ring (bicyclic) bond motifs is 1. The van der Waals surface area contributed by atoms with Crippen molar-refractivity contribution in [3.8, 4) is 5.75 Å². The lowest BCUT2D eigenvalue weighted by atomic mass is 9.81. The molecule has 12 heteroatoms. The molecule has 0 saturated heterocycles. The SMILES string of the molecule is CCC1CN(Cc2cc(C(OCc3cn(C)nn3)C(C)(C)C(=O)O)ccc2C)S(O)(O)c2ncccc2O1. The summed E-state index contributed by atoms with van der Waals surface area (Å²) < 4.78 is 38.0. The van der Waals surface area contributed by atoms with E-state index in [2.05, 4.69) is 15.3 Å². The van der Waals surface area contributed by atoms with Crippen LogP contribution in [-0.4, -0.2) is 57.1 Å². The first-order valence-electron chi connectivity index (χ1n) is 12.4. The number of pyridine rings is 1. The van der Waals surface area contributed by atoms with E-state index >= 15 is 0 Å². The van der Waals surface area contributed by atoms with Gasteiger partial charge in [0.2, 0.25) is 5.03 Å². The Labute approximate surface area is 223 Å². The van der Waals surface area contributed by atoms with Crippen molar-refractivity contribution >= 4 is 16.7 Å². The van der Waals surface area contributed by atoms with Crippen LogP contribution < -0.4 is 4.74 Å². The summed E-state index contributed by atoms with van der Waals surface area (Å²) in [6.45, 7) is 7.72. The number of carboxylic acids is 1. The number of aromatic nitrogens is 4. The zero-order valence-corrected chi connectivity index (χ0v) is 23.1. The van der Waals surface area contributed by atoms with Crippen LogP contribution in [0.15, 0.2) is 47.8 Å². The average Bonchev–Trinajstić information content (AvgIpc) is 3.25. The Bertz CT molecular complexity index is 1300. The first kappa shape index (κ1) is 28.0. The van der Waals surface area contributed by atoms with Crippen molar-refractivity contribution in [3.63, 3.8) is 0 Å². The third-order valence-electron chi connectivity index (χ3n) is 6.79. The lowest BCUT2D eigenvalue weighted by molar-refractivity contribution is -0.158. The third kappa shape index (κ3) is 5.69. The number of hydrogen-bond donors (Lipinski definition) is 3. The zero-order valence-electron chi connectivity index (χ0n) is 22.2. The topological polar surface area (TPSA) is 143 Å². The molecule has 3 N–H and O–H groups in total. The average molecular weight is 546 g/mol. The van der Waals surface area contributed by atoms with Crippen molar-refractivity contribution in [3.05, 3.63) is 65.1 Å². The van der Waals surface area contributed by atoms with Crippen molar-refractivity contribution in [2.24, 2.45) is 12.5 Å². The van der Waals surface area contributed by atoms with E-state index in [1.165, 1.54) is 6.20 Å². The summed E-state index contributed by atoms with van der Waals surface area (Å²) in [4.78, 5) is 16.5. The smallest absolute Gasteiger partial charge is 0.312 e. The Morgan fingerprint density at radius 1 is 1.32 bits per heavy atom. The van der Waals surface area contributed by atoms with Crippen LogP contribution in [0.1, 0.15) is 55.7 Å². The summed E-state index contributed by atoms with van der Waals surface area (Å²) in [5.41, 5.74) is 1.72. The van der Waals surface area contributed by atoms with Gasteiger partial charge < -0.3 is 14.6 Å². The molecule has 0 bridgehead atoms. The maximum absolute atomic E-state index is 12.2. The van der Waals surface area contributed by atoms with Crippen LogP contribution in [0, 0.1) is 12.3 Å². The van der Waals surface area contributed by atoms with E-state index in [9.17, 15) is 19.0 Å². The molecule has 1 aliphatic rings. The maximum atomic E-state index is 12.2.